The molecule has 0 spiro atoms. The number of hydrogen-bond donors (Lipinski definition) is 1. The fraction of sp³-hybridized carbons (Fsp3) is 0.786. The Labute approximate surface area is 105 Å². The van der Waals surface area contributed by atoms with Gasteiger partial charge in [0.2, 0.25) is 5.95 Å². The zero-order chi connectivity index (χ0) is 12.3. The van der Waals surface area contributed by atoms with Crippen molar-refractivity contribution in [3.8, 4) is 0 Å². The van der Waals surface area contributed by atoms with E-state index in [2.05, 4.69) is 41.8 Å². The minimum atomic E-state index is 0.625. The smallest absolute Gasteiger partial charge is 0.203 e. The summed E-state index contributed by atoms with van der Waals surface area (Å²) in [5, 5.41) is 3.45. The van der Waals surface area contributed by atoms with Crippen LogP contribution in [-0.4, -0.2) is 16.1 Å². The second-order valence-electron chi connectivity index (χ2n) is 5.67. The van der Waals surface area contributed by atoms with Gasteiger partial charge < -0.3 is 9.88 Å². The minimum absolute atomic E-state index is 0.625. The molecule has 96 valence electrons. The molecule has 1 fully saturated rings. The molecular weight excluding hydrogens is 210 g/mol. The molecule has 17 heavy (non-hydrogen) atoms. The number of anilines is 1. The lowest BCUT2D eigenvalue weighted by Crippen LogP contribution is -2.16. The summed E-state index contributed by atoms with van der Waals surface area (Å²) >= 11 is 0. The SMILES string of the molecule is CCC(CC1CC1)n1ccnc1NCC(C)C. The van der Waals surface area contributed by atoms with E-state index in [1.165, 1.54) is 25.7 Å². The Morgan fingerprint density at radius 1 is 1.47 bits per heavy atom. The Morgan fingerprint density at radius 2 is 2.24 bits per heavy atom. The molecule has 1 heterocycles. The summed E-state index contributed by atoms with van der Waals surface area (Å²) in [5.74, 6) is 2.68. The fourth-order valence-electron chi connectivity index (χ4n) is 2.26. The van der Waals surface area contributed by atoms with Gasteiger partial charge in [0.25, 0.3) is 0 Å². The predicted octanol–water partition coefficient (Wildman–Crippen LogP) is 3.70. The van der Waals surface area contributed by atoms with E-state index in [-0.39, 0.29) is 0 Å². The van der Waals surface area contributed by atoms with Crippen molar-refractivity contribution in [3.63, 3.8) is 0 Å². The molecule has 1 aromatic rings. The van der Waals surface area contributed by atoms with Crippen molar-refractivity contribution in [1.82, 2.24) is 9.55 Å². The first-order valence-corrected chi connectivity index (χ1v) is 6.97. The van der Waals surface area contributed by atoms with Crippen molar-refractivity contribution in [1.29, 1.82) is 0 Å². The third-order valence-electron chi connectivity index (χ3n) is 3.50. The van der Waals surface area contributed by atoms with Gasteiger partial charge in [0, 0.05) is 25.0 Å². The van der Waals surface area contributed by atoms with Crippen LogP contribution in [0.25, 0.3) is 0 Å². The van der Waals surface area contributed by atoms with E-state index in [1.807, 2.05) is 6.20 Å². The average molecular weight is 235 g/mol. The maximum Gasteiger partial charge on any atom is 0.203 e. The van der Waals surface area contributed by atoms with Crippen LogP contribution in [0.3, 0.4) is 0 Å². The van der Waals surface area contributed by atoms with Crippen LogP contribution in [0, 0.1) is 11.8 Å². The average Bonchev–Trinajstić information content (AvgIpc) is 3.00. The highest BCUT2D eigenvalue weighted by molar-refractivity contribution is 5.26. The zero-order valence-electron chi connectivity index (χ0n) is 11.3. The summed E-state index contributed by atoms with van der Waals surface area (Å²) in [4.78, 5) is 4.44. The summed E-state index contributed by atoms with van der Waals surface area (Å²) in [6.07, 6.45) is 9.42. The number of hydrogen-bond acceptors (Lipinski definition) is 2. The topological polar surface area (TPSA) is 29.9 Å². The molecular formula is C14H25N3. The van der Waals surface area contributed by atoms with E-state index in [0.717, 1.165) is 18.4 Å². The highest BCUT2D eigenvalue weighted by atomic mass is 15.2. The van der Waals surface area contributed by atoms with Crippen LogP contribution in [0.1, 0.15) is 52.5 Å². The van der Waals surface area contributed by atoms with Crippen LogP contribution in [0.4, 0.5) is 5.95 Å². The van der Waals surface area contributed by atoms with Gasteiger partial charge in [-0.1, -0.05) is 33.6 Å². The van der Waals surface area contributed by atoms with Crippen molar-refractivity contribution < 1.29 is 0 Å². The molecule has 0 bridgehead atoms. The van der Waals surface area contributed by atoms with Crippen molar-refractivity contribution in [2.45, 2.75) is 52.5 Å². The molecule has 3 heteroatoms. The highest BCUT2D eigenvalue weighted by Gasteiger charge is 2.26. The van der Waals surface area contributed by atoms with E-state index in [0.29, 0.717) is 12.0 Å². The van der Waals surface area contributed by atoms with E-state index < -0.39 is 0 Å². The minimum Gasteiger partial charge on any atom is -0.355 e. The summed E-state index contributed by atoms with van der Waals surface area (Å²) in [7, 11) is 0. The van der Waals surface area contributed by atoms with E-state index in [1.54, 1.807) is 0 Å². The Balaban J connectivity index is 1.99. The van der Waals surface area contributed by atoms with Crippen LogP contribution in [0.15, 0.2) is 12.4 Å². The lowest BCUT2D eigenvalue weighted by atomic mass is 10.1. The Bertz CT molecular complexity index is 339. The van der Waals surface area contributed by atoms with Gasteiger partial charge >= 0.3 is 0 Å². The van der Waals surface area contributed by atoms with Crippen LogP contribution in [0.2, 0.25) is 0 Å². The van der Waals surface area contributed by atoms with Crippen LogP contribution in [-0.2, 0) is 0 Å². The van der Waals surface area contributed by atoms with Gasteiger partial charge in [-0.15, -0.1) is 0 Å². The molecule has 1 unspecified atom stereocenters. The summed E-state index contributed by atoms with van der Waals surface area (Å²) in [5.41, 5.74) is 0. The lowest BCUT2D eigenvalue weighted by Gasteiger charge is -2.20. The van der Waals surface area contributed by atoms with Gasteiger partial charge in [-0.2, -0.15) is 0 Å². The second kappa shape index (κ2) is 5.56. The molecule has 3 nitrogen and oxygen atoms in total. The summed E-state index contributed by atoms with van der Waals surface area (Å²) in [6.45, 7) is 7.72. The first kappa shape index (κ1) is 12.5. The lowest BCUT2D eigenvalue weighted by molar-refractivity contribution is 0.431. The Morgan fingerprint density at radius 3 is 2.82 bits per heavy atom. The Kier molecular flexibility index (Phi) is 4.08. The maximum absolute atomic E-state index is 4.44. The number of aromatic nitrogens is 2. The van der Waals surface area contributed by atoms with Gasteiger partial charge in [0.1, 0.15) is 0 Å². The van der Waals surface area contributed by atoms with Crippen molar-refractivity contribution in [2.24, 2.45) is 11.8 Å². The molecule has 1 aromatic heterocycles. The largest absolute Gasteiger partial charge is 0.355 e. The Hall–Kier alpha value is -0.990. The molecule has 1 N–H and O–H groups in total. The predicted molar refractivity (Wildman–Crippen MR) is 72.2 cm³/mol. The number of imidazole rings is 1. The normalized spacial score (nSPS) is 17.4. The van der Waals surface area contributed by atoms with Crippen LogP contribution in [0.5, 0.6) is 0 Å². The van der Waals surface area contributed by atoms with Gasteiger partial charge in [0.05, 0.1) is 0 Å². The van der Waals surface area contributed by atoms with Gasteiger partial charge in [-0.25, -0.2) is 4.98 Å². The van der Waals surface area contributed by atoms with Gasteiger partial charge in [-0.3, -0.25) is 0 Å². The quantitative estimate of drug-likeness (QED) is 0.781. The number of nitrogens with zero attached hydrogens (tertiary/aromatic N) is 2. The monoisotopic (exact) mass is 235 g/mol. The third kappa shape index (κ3) is 3.48. The zero-order valence-corrected chi connectivity index (χ0v) is 11.3. The van der Waals surface area contributed by atoms with Crippen LogP contribution < -0.4 is 5.32 Å². The number of rotatable bonds is 7. The van der Waals surface area contributed by atoms with E-state index >= 15 is 0 Å². The molecule has 1 aliphatic carbocycles. The summed E-state index contributed by atoms with van der Waals surface area (Å²) in [6, 6.07) is 0.625. The van der Waals surface area contributed by atoms with Crippen molar-refractivity contribution in [3.05, 3.63) is 12.4 Å². The highest BCUT2D eigenvalue weighted by Crippen LogP contribution is 2.38. The standard InChI is InChI=1S/C14H25N3/c1-4-13(9-12-5-6-12)17-8-7-15-14(17)16-10-11(2)3/h7-8,11-13H,4-6,9-10H2,1-3H3,(H,15,16). The maximum atomic E-state index is 4.44. The molecule has 1 saturated carbocycles. The second-order valence-corrected chi connectivity index (χ2v) is 5.67. The van der Waals surface area contributed by atoms with Crippen molar-refractivity contribution >= 4 is 5.95 Å². The molecule has 0 amide bonds. The van der Waals surface area contributed by atoms with E-state index in [4.69, 9.17) is 0 Å². The van der Waals surface area contributed by atoms with E-state index in [9.17, 15) is 0 Å². The van der Waals surface area contributed by atoms with Gasteiger partial charge in [-0.05, 0) is 24.7 Å². The molecule has 1 atom stereocenters. The third-order valence-corrected chi connectivity index (χ3v) is 3.50. The molecule has 0 aliphatic heterocycles. The first-order valence-electron chi connectivity index (χ1n) is 6.97. The van der Waals surface area contributed by atoms with Crippen LogP contribution >= 0.6 is 0 Å². The molecule has 0 saturated heterocycles. The van der Waals surface area contributed by atoms with Gasteiger partial charge in [0.15, 0.2) is 0 Å². The molecule has 2 rings (SSSR count). The molecule has 1 aliphatic rings. The fourth-order valence-corrected chi connectivity index (χ4v) is 2.26. The molecule has 0 aromatic carbocycles. The number of nitrogens with one attached hydrogen (secondary N) is 1. The van der Waals surface area contributed by atoms with Crippen molar-refractivity contribution in [2.75, 3.05) is 11.9 Å². The first-order chi connectivity index (χ1) is 8.20. The summed E-state index contributed by atoms with van der Waals surface area (Å²) < 4.78 is 2.33. The molecule has 0 radical (unpaired) electrons.